The van der Waals surface area contributed by atoms with Crippen LogP contribution in [0.1, 0.15) is 28.9 Å². The van der Waals surface area contributed by atoms with E-state index in [4.69, 9.17) is 9.84 Å². The molecule has 0 spiro atoms. The Kier molecular flexibility index (Phi) is 4.06. The molecule has 0 bridgehead atoms. The van der Waals surface area contributed by atoms with Crippen LogP contribution in [0.2, 0.25) is 0 Å². The zero-order valence-electron chi connectivity index (χ0n) is 11.6. The zero-order valence-corrected chi connectivity index (χ0v) is 12.5. The van der Waals surface area contributed by atoms with E-state index < -0.39 is 12.1 Å². The highest BCUT2D eigenvalue weighted by Gasteiger charge is 2.37. The first-order chi connectivity index (χ1) is 10.6. The number of ether oxygens (including phenoxy) is 1. The van der Waals surface area contributed by atoms with Gasteiger partial charge in [0.25, 0.3) is 0 Å². The molecule has 1 N–H and O–H groups in total. The van der Waals surface area contributed by atoms with Gasteiger partial charge in [0, 0.05) is 11.4 Å². The summed E-state index contributed by atoms with van der Waals surface area (Å²) < 4.78 is 5.32. The van der Waals surface area contributed by atoms with Crippen LogP contribution >= 0.6 is 11.3 Å². The van der Waals surface area contributed by atoms with Crippen LogP contribution in [0.25, 0.3) is 0 Å². The van der Waals surface area contributed by atoms with Gasteiger partial charge in [-0.05, 0) is 18.4 Å². The number of carbonyl (C=O) groups is 2. The first-order valence-electron chi connectivity index (χ1n) is 6.84. The van der Waals surface area contributed by atoms with E-state index in [2.05, 4.69) is 4.98 Å². The number of carboxylic acids is 1. The molecular weight excluding hydrogens is 304 g/mol. The second-order valence-corrected chi connectivity index (χ2v) is 5.80. The summed E-state index contributed by atoms with van der Waals surface area (Å²) in [5.41, 5.74) is 0.846. The maximum Gasteiger partial charge on any atom is 0.416 e. The van der Waals surface area contributed by atoms with Crippen molar-refractivity contribution in [2.75, 3.05) is 4.90 Å². The number of rotatable bonds is 5. The van der Waals surface area contributed by atoms with E-state index in [1.807, 2.05) is 30.3 Å². The molecule has 1 aromatic carbocycles. The standard InChI is InChI=1S/C15H14N2O4S/c18-13(19)12-9-22-14(16-12)17(11-6-7-11)15(20)21-8-10-4-2-1-3-5-10/h1-5,9,11H,6-8H2,(H,18,19). The number of hydrogen-bond donors (Lipinski definition) is 1. The largest absolute Gasteiger partial charge is 0.476 e. The van der Waals surface area contributed by atoms with Crippen LogP contribution in [-0.4, -0.2) is 28.2 Å². The molecule has 1 amide bonds. The smallest absolute Gasteiger partial charge is 0.416 e. The molecule has 1 aliphatic rings. The number of carboxylic acid groups (broad SMARTS) is 1. The lowest BCUT2D eigenvalue weighted by atomic mass is 10.2. The summed E-state index contributed by atoms with van der Waals surface area (Å²) in [4.78, 5) is 28.7. The molecule has 114 valence electrons. The molecule has 0 atom stereocenters. The number of carbonyl (C=O) groups excluding carboxylic acids is 1. The Balaban J connectivity index is 1.70. The third-order valence-electron chi connectivity index (χ3n) is 3.23. The third-order valence-corrected chi connectivity index (χ3v) is 4.07. The Morgan fingerprint density at radius 3 is 2.64 bits per heavy atom. The average molecular weight is 318 g/mol. The topological polar surface area (TPSA) is 79.7 Å². The molecule has 1 aromatic heterocycles. The van der Waals surface area contributed by atoms with E-state index in [1.54, 1.807) is 0 Å². The lowest BCUT2D eigenvalue weighted by Gasteiger charge is -2.18. The monoisotopic (exact) mass is 318 g/mol. The molecule has 22 heavy (non-hydrogen) atoms. The van der Waals surface area contributed by atoms with Gasteiger partial charge in [-0.3, -0.25) is 0 Å². The van der Waals surface area contributed by atoms with Crippen molar-refractivity contribution in [2.45, 2.75) is 25.5 Å². The quantitative estimate of drug-likeness (QED) is 0.916. The molecule has 7 heteroatoms. The van der Waals surface area contributed by atoms with Crippen molar-refractivity contribution >= 4 is 28.5 Å². The summed E-state index contributed by atoms with van der Waals surface area (Å²) in [5.74, 6) is -1.10. The number of nitrogens with zero attached hydrogens (tertiary/aromatic N) is 2. The minimum absolute atomic E-state index is 0.0519. The molecule has 1 heterocycles. The summed E-state index contributed by atoms with van der Waals surface area (Å²) >= 11 is 1.14. The zero-order chi connectivity index (χ0) is 15.5. The van der Waals surface area contributed by atoms with Crippen LogP contribution in [0, 0.1) is 0 Å². The van der Waals surface area contributed by atoms with Crippen molar-refractivity contribution in [3.05, 3.63) is 47.0 Å². The Bertz CT molecular complexity index is 682. The van der Waals surface area contributed by atoms with Gasteiger partial charge in [-0.25, -0.2) is 19.5 Å². The van der Waals surface area contributed by atoms with Crippen LogP contribution < -0.4 is 4.90 Å². The van der Waals surface area contributed by atoms with E-state index in [-0.39, 0.29) is 18.3 Å². The van der Waals surface area contributed by atoms with Crippen LogP contribution in [-0.2, 0) is 11.3 Å². The van der Waals surface area contributed by atoms with Gasteiger partial charge < -0.3 is 9.84 Å². The minimum Gasteiger partial charge on any atom is -0.476 e. The fourth-order valence-corrected chi connectivity index (χ4v) is 2.84. The fourth-order valence-electron chi connectivity index (χ4n) is 1.98. The summed E-state index contributed by atoms with van der Waals surface area (Å²) in [6.45, 7) is 0.181. The van der Waals surface area contributed by atoms with Crippen molar-refractivity contribution in [2.24, 2.45) is 0 Å². The summed E-state index contributed by atoms with van der Waals surface area (Å²) in [7, 11) is 0. The molecule has 0 radical (unpaired) electrons. The van der Waals surface area contributed by atoms with Gasteiger partial charge in [0.15, 0.2) is 10.8 Å². The fraction of sp³-hybridized carbons (Fsp3) is 0.267. The number of amides is 1. The minimum atomic E-state index is -1.10. The predicted molar refractivity (Wildman–Crippen MR) is 81.2 cm³/mol. The van der Waals surface area contributed by atoms with Crippen LogP contribution in [0.4, 0.5) is 9.93 Å². The van der Waals surface area contributed by atoms with Crippen molar-refractivity contribution in [3.8, 4) is 0 Å². The van der Waals surface area contributed by atoms with Crippen LogP contribution in [0.5, 0.6) is 0 Å². The van der Waals surface area contributed by atoms with E-state index in [0.717, 1.165) is 29.7 Å². The lowest BCUT2D eigenvalue weighted by molar-refractivity contribution is 0.0691. The second kappa shape index (κ2) is 6.15. The normalized spacial score (nSPS) is 13.6. The number of anilines is 1. The molecule has 1 aliphatic carbocycles. The Hall–Kier alpha value is -2.41. The number of aromatic carboxylic acids is 1. The third kappa shape index (κ3) is 3.25. The van der Waals surface area contributed by atoms with Crippen LogP contribution in [0.3, 0.4) is 0 Å². The molecule has 1 fully saturated rings. The maximum absolute atomic E-state index is 12.3. The first-order valence-corrected chi connectivity index (χ1v) is 7.72. The molecule has 2 aromatic rings. The van der Waals surface area contributed by atoms with Gasteiger partial charge in [-0.15, -0.1) is 11.3 Å². The number of aromatic nitrogens is 1. The summed E-state index contributed by atoms with van der Waals surface area (Å²) in [6.07, 6.45) is 1.27. The van der Waals surface area contributed by atoms with Gasteiger partial charge in [0.05, 0.1) is 0 Å². The number of thiazole rings is 1. The van der Waals surface area contributed by atoms with Gasteiger partial charge in [-0.2, -0.15) is 0 Å². The molecule has 0 unspecified atom stereocenters. The van der Waals surface area contributed by atoms with Crippen molar-refractivity contribution in [1.29, 1.82) is 0 Å². The lowest BCUT2D eigenvalue weighted by Crippen LogP contribution is -2.33. The first kappa shape index (κ1) is 14.5. The highest BCUT2D eigenvalue weighted by Crippen LogP contribution is 2.34. The maximum atomic E-state index is 12.3. The Labute approximate surface area is 131 Å². The molecule has 3 rings (SSSR count). The van der Waals surface area contributed by atoms with E-state index in [9.17, 15) is 9.59 Å². The molecule has 6 nitrogen and oxygen atoms in total. The van der Waals surface area contributed by atoms with Crippen LogP contribution in [0.15, 0.2) is 35.7 Å². The van der Waals surface area contributed by atoms with E-state index in [0.29, 0.717) is 5.13 Å². The van der Waals surface area contributed by atoms with Crippen molar-refractivity contribution in [3.63, 3.8) is 0 Å². The van der Waals surface area contributed by atoms with Gasteiger partial charge in [0.2, 0.25) is 0 Å². The van der Waals surface area contributed by atoms with E-state index in [1.165, 1.54) is 10.3 Å². The van der Waals surface area contributed by atoms with E-state index >= 15 is 0 Å². The predicted octanol–water partition coefficient (Wildman–Crippen LogP) is 3.15. The van der Waals surface area contributed by atoms with Gasteiger partial charge in [0.1, 0.15) is 6.61 Å². The highest BCUT2D eigenvalue weighted by molar-refractivity contribution is 7.14. The molecule has 1 saturated carbocycles. The number of benzene rings is 1. The highest BCUT2D eigenvalue weighted by atomic mass is 32.1. The number of hydrogen-bond acceptors (Lipinski definition) is 5. The Morgan fingerprint density at radius 2 is 2.05 bits per heavy atom. The van der Waals surface area contributed by atoms with Crippen molar-refractivity contribution in [1.82, 2.24) is 4.98 Å². The van der Waals surface area contributed by atoms with Gasteiger partial charge in [-0.1, -0.05) is 30.3 Å². The van der Waals surface area contributed by atoms with Crippen molar-refractivity contribution < 1.29 is 19.4 Å². The SMILES string of the molecule is O=C(O)c1csc(N(C(=O)OCc2ccccc2)C2CC2)n1. The Morgan fingerprint density at radius 1 is 1.32 bits per heavy atom. The molecule has 0 saturated heterocycles. The van der Waals surface area contributed by atoms with Gasteiger partial charge >= 0.3 is 12.1 Å². The molecular formula is C15H14N2O4S. The summed E-state index contributed by atoms with van der Waals surface area (Å²) in [6, 6.07) is 9.45. The second-order valence-electron chi connectivity index (χ2n) is 4.96. The summed E-state index contributed by atoms with van der Waals surface area (Å²) in [5, 5.41) is 10.7. The average Bonchev–Trinajstić information content (AvgIpc) is 3.22. The molecule has 0 aliphatic heterocycles.